The Balaban J connectivity index is 1.92. The van der Waals surface area contributed by atoms with E-state index in [2.05, 4.69) is 10.1 Å². The molecule has 124 valence electrons. The number of hydrogen-bond acceptors (Lipinski definition) is 4. The maximum atomic E-state index is 13.1. The van der Waals surface area contributed by atoms with Crippen molar-refractivity contribution in [1.82, 2.24) is 19.7 Å². The first-order valence-corrected chi connectivity index (χ1v) is 7.78. The van der Waals surface area contributed by atoms with E-state index in [1.165, 1.54) is 0 Å². The van der Waals surface area contributed by atoms with Crippen molar-refractivity contribution in [3.8, 4) is 0 Å². The fourth-order valence-corrected chi connectivity index (χ4v) is 2.67. The van der Waals surface area contributed by atoms with Gasteiger partial charge < -0.3 is 9.64 Å². The van der Waals surface area contributed by atoms with E-state index in [9.17, 15) is 4.79 Å². The zero-order valence-electron chi connectivity index (χ0n) is 13.8. The maximum Gasteiger partial charge on any atom is 0.273 e. The van der Waals surface area contributed by atoms with Gasteiger partial charge in [0, 0.05) is 50.6 Å². The highest BCUT2D eigenvalue weighted by molar-refractivity contribution is 6.05. The van der Waals surface area contributed by atoms with Crippen molar-refractivity contribution in [2.24, 2.45) is 7.05 Å². The first-order chi connectivity index (χ1) is 11.7. The number of nitrogens with zero attached hydrogens (tertiary/aromatic N) is 4. The van der Waals surface area contributed by atoms with Gasteiger partial charge in [0.2, 0.25) is 0 Å². The summed E-state index contributed by atoms with van der Waals surface area (Å²) in [5, 5.41) is 6.03. The van der Waals surface area contributed by atoms with Gasteiger partial charge in [0.15, 0.2) is 0 Å². The summed E-state index contributed by atoms with van der Waals surface area (Å²) < 4.78 is 6.88. The number of aromatic nitrogens is 3. The van der Waals surface area contributed by atoms with E-state index >= 15 is 0 Å². The van der Waals surface area contributed by atoms with Crippen LogP contribution in [0.3, 0.4) is 0 Å². The number of rotatable bonds is 6. The molecule has 2 heterocycles. The Hall–Kier alpha value is -2.73. The fraction of sp³-hybridized carbons (Fsp3) is 0.278. The van der Waals surface area contributed by atoms with Crippen LogP contribution in [0.2, 0.25) is 0 Å². The highest BCUT2D eigenvalue weighted by Crippen LogP contribution is 2.18. The second-order valence-electron chi connectivity index (χ2n) is 5.62. The van der Waals surface area contributed by atoms with Crippen LogP contribution in [0, 0.1) is 0 Å². The van der Waals surface area contributed by atoms with Crippen LogP contribution in [0.4, 0.5) is 0 Å². The molecule has 0 fully saturated rings. The predicted molar refractivity (Wildman–Crippen MR) is 91.6 cm³/mol. The van der Waals surface area contributed by atoms with Crippen molar-refractivity contribution in [2.75, 3.05) is 20.3 Å². The highest BCUT2D eigenvalue weighted by Gasteiger charge is 2.20. The Bertz CT molecular complexity index is 838. The molecule has 1 aromatic carbocycles. The number of amides is 1. The first-order valence-electron chi connectivity index (χ1n) is 7.78. The van der Waals surface area contributed by atoms with Crippen LogP contribution in [0.15, 0.2) is 48.9 Å². The molecule has 3 rings (SSSR count). The Kier molecular flexibility index (Phi) is 4.86. The van der Waals surface area contributed by atoms with Crippen LogP contribution in [0.25, 0.3) is 10.8 Å². The second-order valence-corrected chi connectivity index (χ2v) is 5.62. The normalized spacial score (nSPS) is 10.9. The lowest BCUT2D eigenvalue weighted by Gasteiger charge is -2.22. The molecule has 0 aliphatic carbocycles. The van der Waals surface area contributed by atoms with Crippen LogP contribution in [-0.2, 0) is 18.3 Å². The average Bonchev–Trinajstić information content (AvgIpc) is 3.02. The molecule has 6 nitrogen and oxygen atoms in total. The van der Waals surface area contributed by atoms with Crippen LogP contribution in [0.1, 0.15) is 16.1 Å². The SMILES string of the molecule is COCCN(Cc1cnn(C)c1)C(=O)c1nccc2ccccc12. The van der Waals surface area contributed by atoms with E-state index < -0.39 is 0 Å². The molecule has 6 heteroatoms. The molecule has 2 aromatic heterocycles. The summed E-state index contributed by atoms with van der Waals surface area (Å²) >= 11 is 0. The van der Waals surface area contributed by atoms with Crippen molar-refractivity contribution in [2.45, 2.75) is 6.54 Å². The monoisotopic (exact) mass is 324 g/mol. The number of benzene rings is 1. The quantitative estimate of drug-likeness (QED) is 0.698. The van der Waals surface area contributed by atoms with Crippen molar-refractivity contribution in [3.05, 3.63) is 60.2 Å². The van der Waals surface area contributed by atoms with E-state index in [1.807, 2.05) is 43.6 Å². The maximum absolute atomic E-state index is 13.1. The predicted octanol–water partition coefficient (Wildman–Crippen LogP) is 2.26. The lowest BCUT2D eigenvalue weighted by Crippen LogP contribution is -2.34. The summed E-state index contributed by atoms with van der Waals surface area (Å²) in [7, 11) is 3.49. The van der Waals surface area contributed by atoms with E-state index in [0.717, 1.165) is 16.3 Å². The summed E-state index contributed by atoms with van der Waals surface area (Å²) in [5.74, 6) is -0.104. The van der Waals surface area contributed by atoms with Gasteiger partial charge in [0.05, 0.1) is 12.8 Å². The number of pyridine rings is 1. The first kappa shape index (κ1) is 16.1. The molecule has 0 saturated carbocycles. The van der Waals surface area contributed by atoms with Gasteiger partial charge in [-0.05, 0) is 11.5 Å². The van der Waals surface area contributed by atoms with Gasteiger partial charge in [-0.2, -0.15) is 5.10 Å². The molecule has 1 amide bonds. The molecule has 0 aliphatic heterocycles. The summed E-state index contributed by atoms with van der Waals surface area (Å²) in [6.07, 6.45) is 5.35. The van der Waals surface area contributed by atoms with Gasteiger partial charge in [0.1, 0.15) is 5.69 Å². The molecule has 0 unspecified atom stereocenters. The van der Waals surface area contributed by atoms with Gasteiger partial charge >= 0.3 is 0 Å². The minimum atomic E-state index is -0.104. The molecule has 24 heavy (non-hydrogen) atoms. The summed E-state index contributed by atoms with van der Waals surface area (Å²) in [5.41, 5.74) is 1.44. The van der Waals surface area contributed by atoms with Gasteiger partial charge in [-0.15, -0.1) is 0 Å². The largest absolute Gasteiger partial charge is 0.383 e. The Labute approximate surface area is 140 Å². The number of fused-ring (bicyclic) bond motifs is 1. The van der Waals surface area contributed by atoms with Crippen LogP contribution in [0.5, 0.6) is 0 Å². The number of carbonyl (C=O) groups excluding carboxylic acids is 1. The summed E-state index contributed by atoms with van der Waals surface area (Å²) in [6, 6.07) is 9.69. The Morgan fingerprint density at radius 2 is 2.12 bits per heavy atom. The van der Waals surface area contributed by atoms with Crippen molar-refractivity contribution in [3.63, 3.8) is 0 Å². The van der Waals surface area contributed by atoms with Gasteiger partial charge in [-0.3, -0.25) is 14.5 Å². The van der Waals surface area contributed by atoms with E-state index in [0.29, 0.717) is 25.4 Å². The smallest absolute Gasteiger partial charge is 0.273 e. The minimum Gasteiger partial charge on any atom is -0.383 e. The van der Waals surface area contributed by atoms with Crippen molar-refractivity contribution >= 4 is 16.7 Å². The number of hydrogen-bond donors (Lipinski definition) is 0. The zero-order valence-corrected chi connectivity index (χ0v) is 13.8. The van der Waals surface area contributed by atoms with E-state index in [-0.39, 0.29) is 5.91 Å². The molecule has 0 saturated heterocycles. The Morgan fingerprint density at radius 1 is 1.29 bits per heavy atom. The fourth-order valence-electron chi connectivity index (χ4n) is 2.67. The van der Waals surface area contributed by atoms with Crippen LogP contribution < -0.4 is 0 Å². The van der Waals surface area contributed by atoms with Gasteiger partial charge in [0.25, 0.3) is 5.91 Å². The van der Waals surface area contributed by atoms with Gasteiger partial charge in [-0.25, -0.2) is 0 Å². The topological polar surface area (TPSA) is 60.2 Å². The molecule has 0 aliphatic rings. The van der Waals surface area contributed by atoms with E-state index in [1.54, 1.807) is 29.1 Å². The molecular formula is C18H20N4O2. The molecule has 0 spiro atoms. The molecule has 0 N–H and O–H groups in total. The molecule has 3 aromatic rings. The average molecular weight is 324 g/mol. The summed E-state index contributed by atoms with van der Waals surface area (Å²) in [6.45, 7) is 1.44. The number of carbonyl (C=O) groups is 1. The van der Waals surface area contributed by atoms with Crippen LogP contribution >= 0.6 is 0 Å². The molecule has 0 radical (unpaired) electrons. The Morgan fingerprint density at radius 3 is 2.88 bits per heavy atom. The second kappa shape index (κ2) is 7.23. The molecule has 0 bridgehead atoms. The third kappa shape index (κ3) is 3.44. The number of ether oxygens (including phenoxy) is 1. The van der Waals surface area contributed by atoms with Gasteiger partial charge in [-0.1, -0.05) is 24.3 Å². The minimum absolute atomic E-state index is 0.104. The standard InChI is InChI=1S/C18H20N4O2/c1-21-12-14(11-20-21)13-22(9-10-24-2)18(23)17-16-6-4-3-5-15(16)7-8-19-17/h3-8,11-12H,9-10,13H2,1-2H3. The van der Waals surface area contributed by atoms with Crippen molar-refractivity contribution in [1.29, 1.82) is 0 Å². The summed E-state index contributed by atoms with van der Waals surface area (Å²) in [4.78, 5) is 19.1. The molecular weight excluding hydrogens is 304 g/mol. The van der Waals surface area contributed by atoms with Crippen molar-refractivity contribution < 1.29 is 9.53 Å². The lowest BCUT2D eigenvalue weighted by atomic mass is 10.1. The zero-order chi connectivity index (χ0) is 16.9. The third-order valence-electron chi connectivity index (χ3n) is 3.86. The molecule has 0 atom stereocenters. The third-order valence-corrected chi connectivity index (χ3v) is 3.86. The van der Waals surface area contributed by atoms with E-state index in [4.69, 9.17) is 4.74 Å². The number of aryl methyl sites for hydroxylation is 1. The highest BCUT2D eigenvalue weighted by atomic mass is 16.5. The number of methoxy groups -OCH3 is 1. The van der Waals surface area contributed by atoms with Crippen LogP contribution in [-0.4, -0.2) is 45.8 Å². The lowest BCUT2D eigenvalue weighted by molar-refractivity contribution is 0.0677.